The van der Waals surface area contributed by atoms with Crippen LogP contribution in [0.1, 0.15) is 29.3 Å². The number of hydrogen-bond donors (Lipinski definition) is 3. The molecule has 0 unspecified atom stereocenters. The van der Waals surface area contributed by atoms with Crippen LogP contribution < -0.4 is 10.9 Å². The molecule has 116 valence electrons. The number of rotatable bonds is 3. The fraction of sp³-hybridized carbons (Fsp3) is 0.385. The average Bonchev–Trinajstić information content (AvgIpc) is 2.35. The molecule has 0 aliphatic carbocycles. The summed E-state index contributed by atoms with van der Waals surface area (Å²) in [6.07, 6.45) is -6.16. The Bertz CT molecular complexity index is 524. The van der Waals surface area contributed by atoms with E-state index < -0.39 is 30.0 Å². The first-order valence-corrected chi connectivity index (χ1v) is 5.98. The highest BCUT2D eigenvalue weighted by Gasteiger charge is 2.51. The molecule has 0 aliphatic rings. The van der Waals surface area contributed by atoms with E-state index in [9.17, 15) is 22.8 Å². The predicted molar refractivity (Wildman–Crippen MR) is 68.1 cm³/mol. The number of aliphatic hydroxyl groups is 1. The van der Waals surface area contributed by atoms with Gasteiger partial charge in [0.05, 0.1) is 6.42 Å². The Morgan fingerprint density at radius 2 is 1.67 bits per heavy atom. The molecule has 0 saturated carbocycles. The molecule has 8 heteroatoms. The number of benzene rings is 1. The summed E-state index contributed by atoms with van der Waals surface area (Å²) in [5, 5.41) is 9.14. The predicted octanol–water partition coefficient (Wildman–Crippen LogP) is 1.46. The van der Waals surface area contributed by atoms with Gasteiger partial charge in [-0.05, 0) is 26.0 Å². The van der Waals surface area contributed by atoms with Crippen molar-refractivity contribution in [2.45, 2.75) is 32.0 Å². The van der Waals surface area contributed by atoms with Crippen molar-refractivity contribution in [3.63, 3.8) is 0 Å². The Balaban J connectivity index is 2.54. The normalized spacial score (nSPS) is 14.2. The van der Waals surface area contributed by atoms with E-state index in [1.54, 1.807) is 12.1 Å². The Morgan fingerprint density at radius 3 is 2.14 bits per heavy atom. The van der Waals surface area contributed by atoms with Crippen LogP contribution in [0.4, 0.5) is 13.2 Å². The maximum atomic E-state index is 12.4. The van der Waals surface area contributed by atoms with E-state index in [0.717, 1.165) is 5.56 Å². The van der Waals surface area contributed by atoms with Crippen LogP contribution in [0.15, 0.2) is 24.3 Å². The number of hydrazine groups is 1. The zero-order valence-corrected chi connectivity index (χ0v) is 11.4. The topological polar surface area (TPSA) is 78.4 Å². The van der Waals surface area contributed by atoms with E-state index >= 15 is 0 Å². The molecule has 0 heterocycles. The van der Waals surface area contributed by atoms with Crippen molar-refractivity contribution >= 4 is 11.8 Å². The summed E-state index contributed by atoms with van der Waals surface area (Å²) in [5.41, 5.74) is 1.81. The van der Waals surface area contributed by atoms with Gasteiger partial charge in [0, 0.05) is 5.56 Å². The fourth-order valence-corrected chi connectivity index (χ4v) is 1.36. The number of hydrogen-bond acceptors (Lipinski definition) is 3. The lowest BCUT2D eigenvalue weighted by Crippen LogP contribution is -2.49. The smallest absolute Gasteiger partial charge is 0.380 e. The lowest BCUT2D eigenvalue weighted by Gasteiger charge is -2.25. The molecule has 1 aromatic rings. The van der Waals surface area contributed by atoms with Crippen LogP contribution in [0, 0.1) is 6.92 Å². The standard InChI is InChI=1S/C13H15F3N2O3/c1-8-3-5-9(6-4-8)11(20)18-17-10(19)7-12(2,21)13(14,15)16/h3-6,21H,7H2,1-2H3,(H,17,19)(H,18,20)/t12-/m1/s1. The molecule has 0 radical (unpaired) electrons. The van der Waals surface area contributed by atoms with Gasteiger partial charge in [0.15, 0.2) is 5.60 Å². The third-order valence-corrected chi connectivity index (χ3v) is 2.74. The minimum Gasteiger partial charge on any atom is -0.380 e. The molecular weight excluding hydrogens is 289 g/mol. The van der Waals surface area contributed by atoms with Gasteiger partial charge in [-0.1, -0.05) is 17.7 Å². The molecule has 0 aromatic heterocycles. The zero-order valence-electron chi connectivity index (χ0n) is 11.4. The van der Waals surface area contributed by atoms with Crippen LogP contribution in [0.25, 0.3) is 0 Å². The average molecular weight is 304 g/mol. The molecule has 0 saturated heterocycles. The van der Waals surface area contributed by atoms with Crippen LogP contribution in [0.2, 0.25) is 0 Å². The molecule has 1 aromatic carbocycles. The molecule has 0 aliphatic heterocycles. The number of nitrogens with one attached hydrogen (secondary N) is 2. The Labute approximate surface area is 119 Å². The van der Waals surface area contributed by atoms with Crippen molar-refractivity contribution in [2.75, 3.05) is 0 Å². The first kappa shape index (κ1) is 17.0. The molecule has 1 rings (SSSR count). The molecule has 2 amide bonds. The van der Waals surface area contributed by atoms with E-state index in [2.05, 4.69) is 0 Å². The third kappa shape index (κ3) is 4.75. The van der Waals surface area contributed by atoms with E-state index in [4.69, 9.17) is 5.11 Å². The fourth-order valence-electron chi connectivity index (χ4n) is 1.36. The number of amides is 2. The number of alkyl halides is 3. The maximum absolute atomic E-state index is 12.4. The monoisotopic (exact) mass is 304 g/mol. The van der Waals surface area contributed by atoms with Gasteiger partial charge in [0.25, 0.3) is 5.91 Å². The SMILES string of the molecule is Cc1ccc(C(=O)NNC(=O)C[C@@](C)(O)C(F)(F)F)cc1. The van der Waals surface area contributed by atoms with Crippen molar-refractivity contribution < 1.29 is 27.9 Å². The second-order valence-corrected chi connectivity index (χ2v) is 4.82. The summed E-state index contributed by atoms with van der Waals surface area (Å²) in [4.78, 5) is 22.9. The molecular formula is C13H15F3N2O3. The van der Waals surface area contributed by atoms with Gasteiger partial charge in [-0.2, -0.15) is 13.2 Å². The van der Waals surface area contributed by atoms with Gasteiger partial charge in [0.1, 0.15) is 0 Å². The van der Waals surface area contributed by atoms with E-state index in [0.29, 0.717) is 6.92 Å². The van der Waals surface area contributed by atoms with Crippen molar-refractivity contribution in [2.24, 2.45) is 0 Å². The first-order valence-electron chi connectivity index (χ1n) is 5.98. The Morgan fingerprint density at radius 1 is 1.14 bits per heavy atom. The van der Waals surface area contributed by atoms with Crippen LogP contribution in [0.5, 0.6) is 0 Å². The second-order valence-electron chi connectivity index (χ2n) is 4.82. The van der Waals surface area contributed by atoms with Gasteiger partial charge >= 0.3 is 6.18 Å². The molecule has 0 fully saturated rings. The van der Waals surface area contributed by atoms with E-state index in [1.807, 2.05) is 17.8 Å². The third-order valence-electron chi connectivity index (χ3n) is 2.74. The minimum atomic E-state index is -4.94. The second kappa shape index (κ2) is 6.13. The highest BCUT2D eigenvalue weighted by Crippen LogP contribution is 2.32. The maximum Gasteiger partial charge on any atom is 0.417 e. The molecule has 0 bridgehead atoms. The lowest BCUT2D eigenvalue weighted by molar-refractivity contribution is -0.253. The summed E-state index contributed by atoms with van der Waals surface area (Å²) in [6.45, 7) is 2.30. The van der Waals surface area contributed by atoms with Gasteiger partial charge < -0.3 is 5.11 Å². The largest absolute Gasteiger partial charge is 0.417 e. The molecule has 5 nitrogen and oxygen atoms in total. The highest BCUT2D eigenvalue weighted by molar-refractivity contribution is 5.95. The summed E-state index contributed by atoms with van der Waals surface area (Å²) in [6, 6.07) is 6.35. The molecule has 21 heavy (non-hydrogen) atoms. The summed E-state index contributed by atoms with van der Waals surface area (Å²) in [7, 11) is 0. The van der Waals surface area contributed by atoms with Crippen molar-refractivity contribution in [1.82, 2.24) is 10.9 Å². The van der Waals surface area contributed by atoms with Crippen molar-refractivity contribution in [3.8, 4) is 0 Å². The van der Waals surface area contributed by atoms with Crippen molar-refractivity contribution in [3.05, 3.63) is 35.4 Å². The number of halogens is 3. The lowest BCUT2D eigenvalue weighted by atomic mass is 10.0. The minimum absolute atomic E-state index is 0.239. The van der Waals surface area contributed by atoms with Crippen LogP contribution >= 0.6 is 0 Å². The number of aryl methyl sites for hydroxylation is 1. The number of carbonyl (C=O) groups excluding carboxylic acids is 2. The van der Waals surface area contributed by atoms with Crippen molar-refractivity contribution in [1.29, 1.82) is 0 Å². The van der Waals surface area contributed by atoms with E-state index in [1.165, 1.54) is 12.1 Å². The van der Waals surface area contributed by atoms with Gasteiger partial charge in [-0.25, -0.2) is 0 Å². The summed E-state index contributed by atoms with van der Waals surface area (Å²) >= 11 is 0. The van der Waals surface area contributed by atoms with Gasteiger partial charge in [-0.15, -0.1) is 0 Å². The highest BCUT2D eigenvalue weighted by atomic mass is 19.4. The summed E-state index contributed by atoms with van der Waals surface area (Å²) in [5.74, 6) is -1.83. The molecule has 1 atom stereocenters. The molecule has 3 N–H and O–H groups in total. The van der Waals surface area contributed by atoms with Gasteiger partial charge in [0.2, 0.25) is 5.91 Å². The Kier molecular flexibility index (Phi) is 4.95. The quantitative estimate of drug-likeness (QED) is 0.740. The van der Waals surface area contributed by atoms with E-state index in [-0.39, 0.29) is 5.56 Å². The van der Waals surface area contributed by atoms with Crippen LogP contribution in [-0.4, -0.2) is 28.7 Å². The zero-order chi connectivity index (χ0) is 16.3. The van der Waals surface area contributed by atoms with Gasteiger partial charge in [-0.3, -0.25) is 20.4 Å². The summed E-state index contributed by atoms with van der Waals surface area (Å²) < 4.78 is 37.1. The van der Waals surface area contributed by atoms with Crippen LogP contribution in [-0.2, 0) is 4.79 Å². The Hall–Kier alpha value is -2.09. The van der Waals surface area contributed by atoms with Crippen LogP contribution in [0.3, 0.4) is 0 Å². The number of carbonyl (C=O) groups is 2. The first-order chi connectivity index (χ1) is 9.53. The molecule has 0 spiro atoms.